The summed E-state index contributed by atoms with van der Waals surface area (Å²) in [4.78, 5) is 15.0. The Labute approximate surface area is 96.3 Å². The smallest absolute Gasteiger partial charge is 0.339 e. The van der Waals surface area contributed by atoms with E-state index < -0.39 is 5.97 Å². The van der Waals surface area contributed by atoms with Gasteiger partial charge in [-0.05, 0) is 18.6 Å². The van der Waals surface area contributed by atoms with Gasteiger partial charge in [0.05, 0.1) is 11.2 Å². The van der Waals surface area contributed by atoms with Crippen LogP contribution >= 0.6 is 11.6 Å². The van der Waals surface area contributed by atoms with Gasteiger partial charge in [-0.15, -0.1) is 0 Å². The Morgan fingerprint density at radius 1 is 1.50 bits per heavy atom. The number of carboxylic acids is 1. The Bertz CT molecular complexity index is 551. The first-order valence-electron chi connectivity index (χ1n) is 4.48. The minimum absolute atomic E-state index is 0.0237. The van der Waals surface area contributed by atoms with E-state index in [1.54, 1.807) is 12.4 Å². The molecule has 2 aromatic heterocycles. The second kappa shape index (κ2) is 3.94. The van der Waals surface area contributed by atoms with Crippen LogP contribution in [-0.4, -0.2) is 25.8 Å². The van der Waals surface area contributed by atoms with Crippen LogP contribution in [0.25, 0.3) is 5.82 Å². The Balaban J connectivity index is 2.60. The molecule has 0 fully saturated rings. The summed E-state index contributed by atoms with van der Waals surface area (Å²) in [6.07, 6.45) is 4.71. The summed E-state index contributed by atoms with van der Waals surface area (Å²) >= 11 is 5.70. The zero-order valence-corrected chi connectivity index (χ0v) is 9.14. The van der Waals surface area contributed by atoms with Crippen molar-refractivity contribution in [1.82, 2.24) is 14.8 Å². The summed E-state index contributed by atoms with van der Waals surface area (Å²) in [5, 5.41) is 13.3. The highest BCUT2D eigenvalue weighted by Crippen LogP contribution is 2.16. The number of carbonyl (C=O) groups is 1. The average molecular weight is 238 g/mol. The number of rotatable bonds is 2. The molecular formula is C10H8ClN3O2. The number of hydrogen-bond donors (Lipinski definition) is 1. The molecule has 0 aliphatic heterocycles. The Morgan fingerprint density at radius 2 is 2.25 bits per heavy atom. The minimum atomic E-state index is -1.09. The van der Waals surface area contributed by atoms with Gasteiger partial charge in [0.15, 0.2) is 5.82 Å². The molecule has 16 heavy (non-hydrogen) atoms. The van der Waals surface area contributed by atoms with Crippen LogP contribution in [-0.2, 0) is 0 Å². The number of carboxylic acid groups (broad SMARTS) is 1. The largest absolute Gasteiger partial charge is 0.478 e. The number of aromatic carboxylic acids is 1. The third kappa shape index (κ3) is 1.90. The summed E-state index contributed by atoms with van der Waals surface area (Å²) in [7, 11) is 0. The van der Waals surface area contributed by atoms with Gasteiger partial charge in [0.25, 0.3) is 0 Å². The van der Waals surface area contributed by atoms with Crippen LogP contribution in [0.1, 0.15) is 15.9 Å². The monoisotopic (exact) mass is 237 g/mol. The highest BCUT2D eigenvalue weighted by Gasteiger charge is 2.14. The molecule has 0 saturated heterocycles. The molecule has 5 nitrogen and oxygen atoms in total. The number of halogens is 1. The van der Waals surface area contributed by atoms with Gasteiger partial charge < -0.3 is 5.11 Å². The first-order valence-corrected chi connectivity index (χ1v) is 4.86. The molecule has 0 saturated carbocycles. The van der Waals surface area contributed by atoms with Crippen LogP contribution in [0.4, 0.5) is 0 Å². The molecule has 0 bridgehead atoms. The Kier molecular flexibility index (Phi) is 2.62. The van der Waals surface area contributed by atoms with Crippen molar-refractivity contribution in [2.24, 2.45) is 0 Å². The van der Waals surface area contributed by atoms with Crippen molar-refractivity contribution in [2.75, 3.05) is 0 Å². The van der Waals surface area contributed by atoms with Crippen LogP contribution in [0.5, 0.6) is 0 Å². The van der Waals surface area contributed by atoms with Crippen molar-refractivity contribution < 1.29 is 9.90 Å². The molecule has 0 aliphatic rings. The van der Waals surface area contributed by atoms with Gasteiger partial charge in [-0.25, -0.2) is 14.5 Å². The van der Waals surface area contributed by atoms with Crippen molar-refractivity contribution in [3.8, 4) is 5.82 Å². The van der Waals surface area contributed by atoms with Crippen molar-refractivity contribution in [2.45, 2.75) is 6.92 Å². The van der Waals surface area contributed by atoms with Gasteiger partial charge in [-0.3, -0.25) is 0 Å². The van der Waals surface area contributed by atoms with Crippen LogP contribution in [0.2, 0.25) is 5.02 Å². The van der Waals surface area contributed by atoms with E-state index in [4.69, 9.17) is 16.7 Å². The summed E-state index contributed by atoms with van der Waals surface area (Å²) in [5.41, 5.74) is 0.948. The van der Waals surface area contributed by atoms with Crippen molar-refractivity contribution in [3.05, 3.63) is 40.8 Å². The van der Waals surface area contributed by atoms with Gasteiger partial charge >= 0.3 is 5.97 Å². The molecule has 82 valence electrons. The molecule has 1 N–H and O–H groups in total. The first kappa shape index (κ1) is 10.6. The highest BCUT2D eigenvalue weighted by atomic mass is 35.5. The molecule has 2 aromatic rings. The Morgan fingerprint density at radius 3 is 2.81 bits per heavy atom. The molecule has 2 heterocycles. The number of hydrogen-bond acceptors (Lipinski definition) is 3. The molecule has 0 spiro atoms. The zero-order chi connectivity index (χ0) is 11.7. The lowest BCUT2D eigenvalue weighted by atomic mass is 10.2. The molecule has 6 heteroatoms. The first-order chi connectivity index (χ1) is 7.58. The number of pyridine rings is 1. The molecule has 0 aromatic carbocycles. The lowest BCUT2D eigenvalue weighted by molar-refractivity contribution is 0.0696. The van der Waals surface area contributed by atoms with E-state index in [0.29, 0.717) is 0 Å². The minimum Gasteiger partial charge on any atom is -0.478 e. The standard InChI is InChI=1S/C10H8ClN3O2/c1-6-3-13-14(5-6)9-8(10(15)16)2-7(11)4-12-9/h2-5H,1H3,(H,15,16). The lowest BCUT2D eigenvalue weighted by Crippen LogP contribution is -2.08. The van der Waals surface area contributed by atoms with E-state index in [1.165, 1.54) is 16.9 Å². The number of nitrogens with zero attached hydrogens (tertiary/aromatic N) is 3. The number of aromatic nitrogens is 3. The maximum Gasteiger partial charge on any atom is 0.339 e. The topological polar surface area (TPSA) is 68.0 Å². The summed E-state index contributed by atoms with van der Waals surface area (Å²) < 4.78 is 1.41. The number of aryl methyl sites for hydroxylation is 1. The lowest BCUT2D eigenvalue weighted by Gasteiger charge is -2.04. The average Bonchev–Trinajstić information content (AvgIpc) is 2.64. The van der Waals surface area contributed by atoms with E-state index in [9.17, 15) is 4.79 Å². The highest BCUT2D eigenvalue weighted by molar-refractivity contribution is 6.30. The Hall–Kier alpha value is -1.88. The molecular weight excluding hydrogens is 230 g/mol. The third-order valence-electron chi connectivity index (χ3n) is 1.99. The fourth-order valence-corrected chi connectivity index (χ4v) is 1.46. The molecule has 0 atom stereocenters. The van der Waals surface area contributed by atoms with Gasteiger partial charge in [-0.2, -0.15) is 5.10 Å². The molecule has 0 amide bonds. The second-order valence-electron chi connectivity index (χ2n) is 3.29. The van der Waals surface area contributed by atoms with Gasteiger partial charge in [-0.1, -0.05) is 11.6 Å². The maximum absolute atomic E-state index is 11.0. The van der Waals surface area contributed by atoms with Gasteiger partial charge in [0, 0.05) is 12.4 Å². The van der Waals surface area contributed by atoms with Crippen LogP contribution in [0, 0.1) is 6.92 Å². The normalized spacial score (nSPS) is 10.4. The molecule has 0 radical (unpaired) electrons. The summed E-state index contributed by atoms with van der Waals surface area (Å²) in [5.74, 6) is -0.830. The maximum atomic E-state index is 11.0. The fourth-order valence-electron chi connectivity index (χ4n) is 1.30. The third-order valence-corrected chi connectivity index (χ3v) is 2.20. The van der Waals surface area contributed by atoms with Crippen LogP contribution < -0.4 is 0 Å². The summed E-state index contributed by atoms with van der Waals surface area (Å²) in [6.45, 7) is 1.86. The van der Waals surface area contributed by atoms with E-state index in [-0.39, 0.29) is 16.4 Å². The van der Waals surface area contributed by atoms with Crippen LogP contribution in [0.15, 0.2) is 24.7 Å². The van der Waals surface area contributed by atoms with E-state index in [2.05, 4.69) is 10.1 Å². The molecule has 2 rings (SSSR count). The molecule has 0 unspecified atom stereocenters. The van der Waals surface area contributed by atoms with Crippen LogP contribution in [0.3, 0.4) is 0 Å². The van der Waals surface area contributed by atoms with E-state index >= 15 is 0 Å². The predicted molar refractivity (Wildman–Crippen MR) is 58.1 cm³/mol. The summed E-state index contributed by atoms with van der Waals surface area (Å²) in [6, 6.07) is 1.35. The molecule has 0 aliphatic carbocycles. The van der Waals surface area contributed by atoms with Gasteiger partial charge in [0.1, 0.15) is 5.56 Å². The van der Waals surface area contributed by atoms with E-state index in [1.807, 2.05) is 6.92 Å². The van der Waals surface area contributed by atoms with E-state index in [0.717, 1.165) is 5.56 Å². The fraction of sp³-hybridized carbons (Fsp3) is 0.100. The zero-order valence-electron chi connectivity index (χ0n) is 8.38. The SMILES string of the molecule is Cc1cnn(-c2ncc(Cl)cc2C(=O)O)c1. The quantitative estimate of drug-likeness (QED) is 0.867. The van der Waals surface area contributed by atoms with Crippen molar-refractivity contribution in [1.29, 1.82) is 0 Å². The van der Waals surface area contributed by atoms with Crippen molar-refractivity contribution >= 4 is 17.6 Å². The van der Waals surface area contributed by atoms with Crippen molar-refractivity contribution in [3.63, 3.8) is 0 Å². The van der Waals surface area contributed by atoms with Gasteiger partial charge in [0.2, 0.25) is 0 Å². The second-order valence-corrected chi connectivity index (χ2v) is 3.73. The predicted octanol–water partition coefficient (Wildman–Crippen LogP) is 1.93.